The van der Waals surface area contributed by atoms with Crippen molar-refractivity contribution in [1.29, 1.82) is 0 Å². The summed E-state index contributed by atoms with van der Waals surface area (Å²) in [6, 6.07) is 0.694. The molecule has 0 unspecified atom stereocenters. The third-order valence-corrected chi connectivity index (χ3v) is 3.43. The van der Waals surface area contributed by atoms with E-state index in [1.807, 2.05) is 0 Å². The third kappa shape index (κ3) is 2.83. The highest BCUT2D eigenvalue weighted by Crippen LogP contribution is 2.30. The molecule has 0 radical (unpaired) electrons. The summed E-state index contributed by atoms with van der Waals surface area (Å²) in [7, 11) is -4.15. The van der Waals surface area contributed by atoms with Gasteiger partial charge in [-0.1, -0.05) is 11.6 Å². The van der Waals surface area contributed by atoms with Gasteiger partial charge in [0.1, 0.15) is 14.7 Å². The van der Waals surface area contributed by atoms with Crippen molar-refractivity contribution in [2.24, 2.45) is 5.14 Å². The molecule has 0 aliphatic carbocycles. The largest absolute Gasteiger partial charge is 0.266 e. The van der Waals surface area contributed by atoms with Gasteiger partial charge in [-0.05, 0) is 22.0 Å². The van der Waals surface area contributed by atoms with Crippen molar-refractivity contribution in [2.75, 3.05) is 0 Å². The van der Waals surface area contributed by atoms with E-state index in [1.165, 1.54) is 0 Å². The molecule has 0 amide bonds. The average molecular weight is 322 g/mol. The van der Waals surface area contributed by atoms with Crippen molar-refractivity contribution >= 4 is 37.6 Å². The molecule has 2 N–H and O–H groups in total. The number of hydrogen-bond acceptors (Lipinski definition) is 3. The molecule has 0 aromatic carbocycles. The smallest absolute Gasteiger partial charge is 0.227 e. The summed E-state index contributed by atoms with van der Waals surface area (Å²) in [6.45, 7) is 0. The summed E-state index contributed by atoms with van der Waals surface area (Å²) in [5.74, 6) is 0. The van der Waals surface area contributed by atoms with Crippen LogP contribution < -0.4 is 5.14 Å². The lowest BCUT2D eigenvalue weighted by Crippen LogP contribution is -2.14. The number of primary sulfonamides is 1. The summed E-state index contributed by atoms with van der Waals surface area (Å²) < 4.78 is 46.4. The molecular formula is C6H4BrClF2N2O2S. The molecule has 15 heavy (non-hydrogen) atoms. The number of hydrogen-bond donors (Lipinski definition) is 1. The normalized spacial score (nSPS) is 12.1. The van der Waals surface area contributed by atoms with Gasteiger partial charge in [0.25, 0.3) is 6.43 Å². The Labute approximate surface area is 97.6 Å². The molecule has 0 aliphatic heterocycles. The van der Waals surface area contributed by atoms with Crippen LogP contribution in [0.2, 0.25) is 5.15 Å². The first-order valence-corrected chi connectivity index (χ1v) is 6.12. The lowest BCUT2D eigenvalue weighted by molar-refractivity contribution is 0.149. The van der Waals surface area contributed by atoms with Crippen molar-refractivity contribution in [3.63, 3.8) is 0 Å². The summed E-state index contributed by atoms with van der Waals surface area (Å²) in [6.07, 6.45) is -2.87. The van der Waals surface area contributed by atoms with Crippen LogP contribution in [0, 0.1) is 0 Å². The zero-order valence-electron chi connectivity index (χ0n) is 6.92. The number of rotatable bonds is 2. The minimum Gasteiger partial charge on any atom is -0.227 e. The lowest BCUT2D eigenvalue weighted by atomic mass is 10.3. The first-order valence-electron chi connectivity index (χ1n) is 3.40. The molecule has 9 heteroatoms. The van der Waals surface area contributed by atoms with Crippen LogP contribution >= 0.6 is 27.5 Å². The zero-order chi connectivity index (χ0) is 11.8. The van der Waals surface area contributed by atoms with E-state index in [1.54, 1.807) is 0 Å². The fourth-order valence-electron chi connectivity index (χ4n) is 0.819. The first kappa shape index (κ1) is 12.8. The van der Waals surface area contributed by atoms with Crippen molar-refractivity contribution in [1.82, 2.24) is 4.98 Å². The summed E-state index contributed by atoms with van der Waals surface area (Å²) in [4.78, 5) is 2.78. The Balaban J connectivity index is 3.50. The Hall–Kier alpha value is -0.310. The van der Waals surface area contributed by atoms with E-state index < -0.39 is 32.1 Å². The molecule has 1 rings (SSSR count). The Morgan fingerprint density at radius 3 is 2.47 bits per heavy atom. The molecule has 0 spiro atoms. The van der Waals surface area contributed by atoms with E-state index in [9.17, 15) is 17.2 Å². The number of aromatic nitrogens is 1. The quantitative estimate of drug-likeness (QED) is 0.848. The average Bonchev–Trinajstić information content (AvgIpc) is 2.00. The predicted molar refractivity (Wildman–Crippen MR) is 53.3 cm³/mol. The van der Waals surface area contributed by atoms with Crippen LogP contribution in [0.5, 0.6) is 0 Å². The number of nitrogens with zero attached hydrogens (tertiary/aromatic N) is 1. The summed E-state index contributed by atoms with van der Waals surface area (Å²) in [5.41, 5.74) is -0.580. The van der Waals surface area contributed by atoms with E-state index in [0.29, 0.717) is 6.07 Å². The monoisotopic (exact) mass is 320 g/mol. The topological polar surface area (TPSA) is 73.1 Å². The van der Waals surface area contributed by atoms with E-state index in [0.717, 1.165) is 0 Å². The van der Waals surface area contributed by atoms with Gasteiger partial charge < -0.3 is 0 Å². The van der Waals surface area contributed by atoms with Crippen LogP contribution in [0.4, 0.5) is 8.78 Å². The molecule has 0 saturated heterocycles. The molecule has 1 heterocycles. The lowest BCUT2D eigenvalue weighted by Gasteiger charge is -2.06. The van der Waals surface area contributed by atoms with E-state index in [4.69, 9.17) is 16.7 Å². The van der Waals surface area contributed by atoms with E-state index in [-0.39, 0.29) is 4.60 Å². The van der Waals surface area contributed by atoms with Gasteiger partial charge in [-0.25, -0.2) is 27.3 Å². The second-order valence-electron chi connectivity index (χ2n) is 2.50. The zero-order valence-corrected chi connectivity index (χ0v) is 10.1. The fourth-order valence-corrected chi connectivity index (χ4v) is 2.42. The van der Waals surface area contributed by atoms with Crippen LogP contribution in [0.3, 0.4) is 0 Å². The fraction of sp³-hybridized carbons (Fsp3) is 0.167. The molecule has 1 aromatic heterocycles. The van der Waals surface area contributed by atoms with Crippen LogP contribution in [0.1, 0.15) is 12.0 Å². The molecule has 0 fully saturated rings. The number of sulfonamides is 1. The molecule has 0 saturated carbocycles. The van der Waals surface area contributed by atoms with Gasteiger partial charge in [-0.15, -0.1) is 0 Å². The minimum atomic E-state index is -4.15. The standard InChI is InChI=1S/C6H4BrClF2N2O2S/c7-4-2(6(9)10)1-3(5(8)12-4)15(11,13)14/h1,6H,(H2,11,13,14). The SMILES string of the molecule is NS(=O)(=O)c1cc(C(F)F)c(Br)nc1Cl. The Morgan fingerprint density at radius 2 is 2.07 bits per heavy atom. The minimum absolute atomic E-state index is 0.213. The maximum atomic E-state index is 12.4. The molecule has 4 nitrogen and oxygen atoms in total. The van der Waals surface area contributed by atoms with Gasteiger partial charge >= 0.3 is 0 Å². The Morgan fingerprint density at radius 1 is 1.53 bits per heavy atom. The van der Waals surface area contributed by atoms with Crippen LogP contribution in [-0.2, 0) is 10.0 Å². The van der Waals surface area contributed by atoms with E-state index >= 15 is 0 Å². The molecule has 0 atom stereocenters. The second kappa shape index (κ2) is 4.28. The molecule has 0 aliphatic rings. The number of nitrogens with two attached hydrogens (primary N) is 1. The Bertz CT molecular complexity index is 494. The van der Waals surface area contributed by atoms with Gasteiger partial charge in [-0.3, -0.25) is 0 Å². The highest BCUT2D eigenvalue weighted by Gasteiger charge is 2.21. The molecule has 0 bridgehead atoms. The van der Waals surface area contributed by atoms with Gasteiger partial charge in [0, 0.05) is 0 Å². The van der Waals surface area contributed by atoms with Gasteiger partial charge in [-0.2, -0.15) is 0 Å². The van der Waals surface area contributed by atoms with Crippen LogP contribution in [0.15, 0.2) is 15.6 Å². The first-order chi connectivity index (χ1) is 6.73. The summed E-state index contributed by atoms with van der Waals surface area (Å²) in [5, 5.41) is 4.31. The van der Waals surface area contributed by atoms with Crippen molar-refractivity contribution in [2.45, 2.75) is 11.3 Å². The maximum Gasteiger partial charge on any atom is 0.266 e. The van der Waals surface area contributed by atoms with Crippen molar-refractivity contribution in [3.05, 3.63) is 21.4 Å². The number of halogens is 4. The van der Waals surface area contributed by atoms with Crippen molar-refractivity contribution < 1.29 is 17.2 Å². The predicted octanol–water partition coefficient (Wildman–Crippen LogP) is 2.08. The van der Waals surface area contributed by atoms with Crippen LogP contribution in [-0.4, -0.2) is 13.4 Å². The maximum absolute atomic E-state index is 12.4. The van der Waals surface area contributed by atoms with Gasteiger partial charge in [0.15, 0.2) is 0 Å². The third-order valence-electron chi connectivity index (χ3n) is 1.47. The number of pyridine rings is 1. The highest BCUT2D eigenvalue weighted by molar-refractivity contribution is 9.10. The van der Waals surface area contributed by atoms with Crippen LogP contribution in [0.25, 0.3) is 0 Å². The van der Waals surface area contributed by atoms with Gasteiger partial charge in [0.05, 0.1) is 5.56 Å². The van der Waals surface area contributed by atoms with Crippen molar-refractivity contribution in [3.8, 4) is 0 Å². The molecule has 1 aromatic rings. The van der Waals surface area contributed by atoms with Gasteiger partial charge in [0.2, 0.25) is 10.0 Å². The summed E-state index contributed by atoms with van der Waals surface area (Å²) >= 11 is 8.18. The molecule has 84 valence electrons. The second-order valence-corrected chi connectivity index (χ2v) is 5.14. The van der Waals surface area contributed by atoms with E-state index in [2.05, 4.69) is 20.9 Å². The Kier molecular flexibility index (Phi) is 3.64. The molecular weight excluding hydrogens is 317 g/mol. The number of alkyl halides is 2. The highest BCUT2D eigenvalue weighted by atomic mass is 79.9.